The SMILES string of the molecule is C=CC(=O)N1CCC(N(C)c2nc(OCC34CCCN3CC(F)C4)nc3c(F)c(-c4cc(O)cc(C)c4C4CC4)ncc23)C1. The molecule has 0 radical (unpaired) electrons. The third-order valence-corrected chi connectivity index (χ3v) is 10.0. The van der Waals surface area contributed by atoms with Crippen LogP contribution in [0.2, 0.25) is 0 Å². The topological polar surface area (TPSA) is 94.9 Å². The Kier molecular flexibility index (Phi) is 7.18. The second kappa shape index (κ2) is 10.9. The Labute approximate surface area is 255 Å². The van der Waals surface area contributed by atoms with E-state index in [-0.39, 0.29) is 41.5 Å². The Balaban J connectivity index is 1.31. The monoisotopic (exact) mass is 604 g/mol. The number of amides is 1. The van der Waals surface area contributed by atoms with Crippen LogP contribution < -0.4 is 9.64 Å². The van der Waals surface area contributed by atoms with Crippen LogP contribution in [0.25, 0.3) is 22.2 Å². The van der Waals surface area contributed by atoms with Gasteiger partial charge in [-0.15, -0.1) is 0 Å². The van der Waals surface area contributed by atoms with Gasteiger partial charge < -0.3 is 19.6 Å². The molecule has 4 aliphatic rings. The summed E-state index contributed by atoms with van der Waals surface area (Å²) < 4.78 is 37.3. The van der Waals surface area contributed by atoms with Gasteiger partial charge in [0.05, 0.1) is 10.9 Å². The van der Waals surface area contributed by atoms with E-state index in [4.69, 9.17) is 9.72 Å². The lowest BCUT2D eigenvalue weighted by molar-refractivity contribution is -0.125. The molecule has 7 rings (SSSR count). The van der Waals surface area contributed by atoms with Crippen LogP contribution in [0.3, 0.4) is 0 Å². The first-order chi connectivity index (χ1) is 21.2. The summed E-state index contributed by atoms with van der Waals surface area (Å²) in [5.41, 5.74) is 2.24. The summed E-state index contributed by atoms with van der Waals surface area (Å²) in [6.07, 6.45) is 6.91. The highest BCUT2D eigenvalue weighted by atomic mass is 19.1. The molecule has 0 spiro atoms. The summed E-state index contributed by atoms with van der Waals surface area (Å²) in [5.74, 6) is 0.0583. The number of halogens is 2. The molecule has 9 nitrogen and oxygen atoms in total. The standard InChI is InChI=1S/C33H38F2N6O3/c1-4-26(43)40-11-8-22(17-40)39(3)31-25-15-36-29(24-13-23(42)12-19(2)27(24)20-6-7-20)28(35)30(25)37-32(38-31)44-18-33-9-5-10-41(33)16-21(34)14-33/h4,12-13,15,20-22,42H,1,5-11,14,16-18H2,2-3H3. The summed E-state index contributed by atoms with van der Waals surface area (Å²) in [5, 5.41) is 10.9. The van der Waals surface area contributed by atoms with E-state index in [2.05, 4.69) is 21.4 Å². The number of anilines is 1. The molecule has 5 heterocycles. The number of carbonyl (C=O) groups is 1. The normalized spacial score (nSPS) is 25.0. The minimum Gasteiger partial charge on any atom is -0.508 e. The number of rotatable bonds is 8. The molecular formula is C33H38F2N6O3. The number of nitrogens with zero attached hydrogens (tertiary/aromatic N) is 6. The number of ether oxygens (including phenoxy) is 1. The van der Waals surface area contributed by atoms with Gasteiger partial charge >= 0.3 is 6.01 Å². The quantitative estimate of drug-likeness (QED) is 0.363. The molecule has 0 bridgehead atoms. The van der Waals surface area contributed by atoms with Crippen molar-refractivity contribution >= 4 is 22.6 Å². The molecule has 3 unspecified atom stereocenters. The summed E-state index contributed by atoms with van der Waals surface area (Å²) in [6.45, 7) is 8.02. The summed E-state index contributed by atoms with van der Waals surface area (Å²) in [4.78, 5) is 32.1. The maximum Gasteiger partial charge on any atom is 0.319 e. The van der Waals surface area contributed by atoms with Gasteiger partial charge in [-0.2, -0.15) is 9.97 Å². The number of phenols is 1. The average Bonchev–Trinajstić information content (AvgIpc) is 3.43. The fourth-order valence-corrected chi connectivity index (χ4v) is 7.64. The van der Waals surface area contributed by atoms with Gasteiger partial charge in [-0.25, -0.2) is 8.78 Å². The van der Waals surface area contributed by atoms with E-state index >= 15 is 4.39 Å². The molecule has 1 saturated carbocycles. The van der Waals surface area contributed by atoms with Gasteiger partial charge in [0.15, 0.2) is 5.82 Å². The van der Waals surface area contributed by atoms with Crippen molar-refractivity contribution in [3.8, 4) is 23.0 Å². The molecule has 1 aromatic carbocycles. The minimum absolute atomic E-state index is 0.0189. The van der Waals surface area contributed by atoms with Crippen molar-refractivity contribution in [2.45, 2.75) is 69.1 Å². The van der Waals surface area contributed by atoms with Crippen molar-refractivity contribution in [1.29, 1.82) is 0 Å². The van der Waals surface area contributed by atoms with Gasteiger partial charge in [-0.3, -0.25) is 14.7 Å². The van der Waals surface area contributed by atoms with Gasteiger partial charge in [0, 0.05) is 50.9 Å². The van der Waals surface area contributed by atoms with Crippen molar-refractivity contribution < 1.29 is 23.4 Å². The van der Waals surface area contributed by atoms with E-state index in [1.807, 2.05) is 18.9 Å². The maximum atomic E-state index is 16.7. The molecule has 3 atom stereocenters. The largest absolute Gasteiger partial charge is 0.508 e. The predicted molar refractivity (Wildman–Crippen MR) is 163 cm³/mol. The van der Waals surface area contributed by atoms with E-state index in [0.29, 0.717) is 55.2 Å². The van der Waals surface area contributed by atoms with E-state index < -0.39 is 17.5 Å². The lowest BCUT2D eigenvalue weighted by atomic mass is 9.94. The van der Waals surface area contributed by atoms with Crippen molar-refractivity contribution in [1.82, 2.24) is 24.8 Å². The fraction of sp³-hybridized carbons (Fsp3) is 0.515. The number of hydrogen-bond acceptors (Lipinski definition) is 8. The molecule has 2 aromatic heterocycles. The first-order valence-corrected chi connectivity index (χ1v) is 15.5. The first-order valence-electron chi connectivity index (χ1n) is 15.5. The average molecular weight is 605 g/mol. The molecule has 3 aliphatic heterocycles. The number of likely N-dealkylation sites (tertiary alicyclic amines) is 1. The highest BCUT2D eigenvalue weighted by Crippen LogP contribution is 2.48. The zero-order chi connectivity index (χ0) is 30.7. The van der Waals surface area contributed by atoms with Crippen LogP contribution in [0.1, 0.15) is 55.6 Å². The smallest absolute Gasteiger partial charge is 0.319 e. The van der Waals surface area contributed by atoms with E-state index in [1.165, 1.54) is 6.08 Å². The van der Waals surface area contributed by atoms with Crippen LogP contribution >= 0.6 is 0 Å². The molecule has 4 fully saturated rings. The number of likely N-dealkylation sites (N-methyl/N-ethyl adjacent to an activating group) is 1. The van der Waals surface area contributed by atoms with Crippen LogP contribution in [0.5, 0.6) is 11.8 Å². The molecule has 1 aliphatic carbocycles. The Morgan fingerprint density at radius 3 is 2.84 bits per heavy atom. The first kappa shape index (κ1) is 28.9. The number of pyridine rings is 1. The molecule has 44 heavy (non-hydrogen) atoms. The van der Waals surface area contributed by atoms with Crippen molar-refractivity contribution in [3.05, 3.63) is 47.9 Å². The number of phenolic OH excluding ortho intramolecular Hbond substituents is 1. The number of benzene rings is 1. The molecule has 1 N–H and O–H groups in total. The molecule has 3 aromatic rings. The highest BCUT2D eigenvalue weighted by molar-refractivity contribution is 5.92. The fourth-order valence-electron chi connectivity index (χ4n) is 7.64. The lowest BCUT2D eigenvalue weighted by Gasteiger charge is -2.31. The van der Waals surface area contributed by atoms with Crippen LogP contribution in [0.4, 0.5) is 14.6 Å². The molecular weight excluding hydrogens is 566 g/mol. The number of alkyl halides is 1. The second-order valence-corrected chi connectivity index (χ2v) is 12.9. The predicted octanol–water partition coefficient (Wildman–Crippen LogP) is 4.90. The Hall–Kier alpha value is -3.86. The third kappa shape index (κ3) is 4.95. The van der Waals surface area contributed by atoms with Gasteiger partial charge in [-0.1, -0.05) is 6.58 Å². The minimum atomic E-state index is -0.904. The van der Waals surface area contributed by atoms with Crippen molar-refractivity contribution in [2.24, 2.45) is 0 Å². The molecule has 1 amide bonds. The Bertz CT molecular complexity index is 1650. The van der Waals surface area contributed by atoms with Crippen molar-refractivity contribution in [2.75, 3.05) is 44.7 Å². The molecule has 11 heteroatoms. The lowest BCUT2D eigenvalue weighted by Crippen LogP contribution is -2.43. The van der Waals surface area contributed by atoms with Gasteiger partial charge in [-0.05, 0) is 80.8 Å². The van der Waals surface area contributed by atoms with Crippen LogP contribution in [-0.2, 0) is 4.79 Å². The maximum absolute atomic E-state index is 16.7. The van der Waals surface area contributed by atoms with E-state index in [0.717, 1.165) is 43.4 Å². The van der Waals surface area contributed by atoms with Crippen LogP contribution in [0.15, 0.2) is 31.0 Å². The third-order valence-electron chi connectivity index (χ3n) is 10.0. The number of aromatic nitrogens is 3. The van der Waals surface area contributed by atoms with Crippen LogP contribution in [0, 0.1) is 12.7 Å². The van der Waals surface area contributed by atoms with Crippen molar-refractivity contribution in [3.63, 3.8) is 0 Å². The number of fused-ring (bicyclic) bond motifs is 2. The van der Waals surface area contributed by atoms with Gasteiger partial charge in [0.2, 0.25) is 5.91 Å². The molecule has 3 saturated heterocycles. The van der Waals surface area contributed by atoms with E-state index in [9.17, 15) is 14.3 Å². The molecule has 232 valence electrons. The summed E-state index contributed by atoms with van der Waals surface area (Å²) >= 11 is 0. The number of aromatic hydroxyl groups is 1. The second-order valence-electron chi connectivity index (χ2n) is 12.9. The summed E-state index contributed by atoms with van der Waals surface area (Å²) in [6, 6.07) is 3.23. The number of hydrogen-bond donors (Lipinski definition) is 1. The number of aryl methyl sites for hydroxylation is 1. The highest BCUT2D eigenvalue weighted by Gasteiger charge is 2.49. The number of carbonyl (C=O) groups excluding carboxylic acids is 1. The zero-order valence-electron chi connectivity index (χ0n) is 25.2. The van der Waals surface area contributed by atoms with Gasteiger partial charge in [0.25, 0.3) is 0 Å². The van der Waals surface area contributed by atoms with Crippen LogP contribution in [-0.4, -0.2) is 93.4 Å². The Morgan fingerprint density at radius 2 is 2.07 bits per heavy atom. The zero-order valence-corrected chi connectivity index (χ0v) is 25.2. The van der Waals surface area contributed by atoms with E-state index in [1.54, 1.807) is 23.2 Å². The van der Waals surface area contributed by atoms with Gasteiger partial charge in [0.1, 0.15) is 35.6 Å². The Morgan fingerprint density at radius 1 is 1.25 bits per heavy atom. The summed E-state index contributed by atoms with van der Waals surface area (Å²) in [7, 11) is 1.87.